The van der Waals surface area contributed by atoms with Crippen LogP contribution in [0.5, 0.6) is 0 Å². The van der Waals surface area contributed by atoms with Crippen LogP contribution in [0, 0.1) is 0 Å². The molecule has 4 nitrogen and oxygen atoms in total. The lowest BCUT2D eigenvalue weighted by atomic mass is 10.1. The summed E-state index contributed by atoms with van der Waals surface area (Å²) >= 11 is 5.01. The third-order valence-electron chi connectivity index (χ3n) is 3.02. The number of aromatic nitrogens is 2. The molecule has 1 aromatic carbocycles. The molecule has 0 saturated heterocycles. The topological polar surface area (TPSA) is 54.9 Å². The van der Waals surface area contributed by atoms with Crippen LogP contribution < -0.4 is 5.32 Å². The first-order valence-corrected chi connectivity index (χ1v) is 8.23. The van der Waals surface area contributed by atoms with Crippen molar-refractivity contribution in [3.8, 4) is 0 Å². The zero-order chi connectivity index (χ0) is 15.4. The van der Waals surface area contributed by atoms with Crippen LogP contribution in [0.2, 0.25) is 0 Å². The van der Waals surface area contributed by atoms with E-state index in [9.17, 15) is 4.79 Å². The number of nitrogens with one attached hydrogen (secondary N) is 1. The van der Waals surface area contributed by atoms with Crippen molar-refractivity contribution in [3.63, 3.8) is 0 Å². The molecule has 6 heteroatoms. The molecule has 0 fully saturated rings. The minimum absolute atomic E-state index is 0.199. The number of hydrogen-bond donors (Lipinski definition) is 1. The van der Waals surface area contributed by atoms with Crippen molar-refractivity contribution >= 4 is 38.3 Å². The molecule has 3 rings (SSSR count). The van der Waals surface area contributed by atoms with Gasteiger partial charge in [-0.2, -0.15) is 0 Å². The summed E-state index contributed by atoms with van der Waals surface area (Å²) in [6.07, 6.45) is 5.74. The monoisotopic (exact) mass is 373 g/mol. The molecule has 0 atom stereocenters. The van der Waals surface area contributed by atoms with Crippen LogP contribution in [0.4, 0.5) is 5.13 Å². The average molecular weight is 374 g/mol. The molecule has 0 unspecified atom stereocenters. The third kappa shape index (κ3) is 3.58. The maximum Gasteiger partial charge on any atom is 0.259 e. The maximum atomic E-state index is 12.0. The zero-order valence-corrected chi connectivity index (χ0v) is 13.9. The van der Waals surface area contributed by atoms with E-state index in [4.69, 9.17) is 0 Å². The molecule has 0 aliphatic rings. The molecule has 0 spiro atoms. The first-order valence-electron chi connectivity index (χ1n) is 6.62. The fraction of sp³-hybridized carbons (Fsp3) is 0.0625. The number of nitrogens with zero attached hydrogens (tertiary/aromatic N) is 2. The van der Waals surface area contributed by atoms with Gasteiger partial charge in [-0.1, -0.05) is 34.1 Å². The average Bonchev–Trinajstić information content (AvgIpc) is 2.97. The standard InChI is InChI=1S/C16H12BrN3OS/c17-14-6-2-1-4-11(14)8-13-10-19-16(22-13)20-15(21)12-5-3-7-18-9-12/h1-7,9-10H,8H2,(H,19,20,21). The molecular formula is C16H12BrN3OS. The highest BCUT2D eigenvalue weighted by molar-refractivity contribution is 9.10. The summed E-state index contributed by atoms with van der Waals surface area (Å²) in [5.41, 5.74) is 1.71. The maximum absolute atomic E-state index is 12.0. The summed E-state index contributed by atoms with van der Waals surface area (Å²) in [6.45, 7) is 0. The Labute approximate surface area is 140 Å². The molecule has 0 radical (unpaired) electrons. The summed E-state index contributed by atoms with van der Waals surface area (Å²) in [4.78, 5) is 21.3. The van der Waals surface area contributed by atoms with Crippen LogP contribution in [-0.4, -0.2) is 15.9 Å². The highest BCUT2D eigenvalue weighted by Gasteiger charge is 2.10. The predicted molar refractivity (Wildman–Crippen MR) is 91.3 cm³/mol. The van der Waals surface area contributed by atoms with E-state index in [1.54, 1.807) is 24.5 Å². The Kier molecular flexibility index (Phi) is 4.60. The Bertz CT molecular complexity index is 789. The van der Waals surface area contributed by atoms with Crippen LogP contribution in [0.3, 0.4) is 0 Å². The Morgan fingerprint density at radius 2 is 2.05 bits per heavy atom. The fourth-order valence-electron chi connectivity index (χ4n) is 1.94. The summed E-state index contributed by atoms with van der Waals surface area (Å²) < 4.78 is 1.07. The molecule has 1 amide bonds. The van der Waals surface area contributed by atoms with Gasteiger partial charge in [-0.3, -0.25) is 15.1 Å². The molecule has 2 heterocycles. The largest absolute Gasteiger partial charge is 0.298 e. The van der Waals surface area contributed by atoms with Gasteiger partial charge >= 0.3 is 0 Å². The van der Waals surface area contributed by atoms with E-state index < -0.39 is 0 Å². The smallest absolute Gasteiger partial charge is 0.259 e. The number of thiazole rings is 1. The van der Waals surface area contributed by atoms with Crippen LogP contribution in [0.1, 0.15) is 20.8 Å². The van der Waals surface area contributed by atoms with E-state index in [0.29, 0.717) is 10.7 Å². The molecule has 0 aliphatic heterocycles. The van der Waals surface area contributed by atoms with Crippen LogP contribution >= 0.6 is 27.3 Å². The van der Waals surface area contributed by atoms with Crippen molar-refractivity contribution in [1.29, 1.82) is 0 Å². The van der Waals surface area contributed by atoms with Gasteiger partial charge in [0.05, 0.1) is 5.56 Å². The second-order valence-electron chi connectivity index (χ2n) is 4.60. The highest BCUT2D eigenvalue weighted by atomic mass is 79.9. The molecule has 1 N–H and O–H groups in total. The van der Waals surface area contributed by atoms with Gasteiger partial charge in [0.1, 0.15) is 0 Å². The van der Waals surface area contributed by atoms with Gasteiger partial charge in [0, 0.05) is 34.4 Å². The molecule has 110 valence electrons. The third-order valence-corrected chi connectivity index (χ3v) is 4.71. The van der Waals surface area contributed by atoms with Gasteiger partial charge in [-0.05, 0) is 23.8 Å². The summed E-state index contributed by atoms with van der Waals surface area (Å²) in [5, 5.41) is 3.39. The number of halogens is 1. The second kappa shape index (κ2) is 6.81. The lowest BCUT2D eigenvalue weighted by Crippen LogP contribution is -2.11. The Morgan fingerprint density at radius 3 is 2.82 bits per heavy atom. The number of anilines is 1. The van der Waals surface area contributed by atoms with E-state index in [1.807, 2.05) is 18.2 Å². The molecule has 2 aromatic heterocycles. The number of hydrogen-bond acceptors (Lipinski definition) is 4. The molecule has 22 heavy (non-hydrogen) atoms. The minimum atomic E-state index is -0.199. The first-order chi connectivity index (χ1) is 10.7. The Balaban J connectivity index is 1.69. The molecule has 0 aliphatic carbocycles. The second-order valence-corrected chi connectivity index (χ2v) is 6.57. The van der Waals surface area contributed by atoms with E-state index >= 15 is 0 Å². The lowest BCUT2D eigenvalue weighted by Gasteiger charge is -2.01. The number of pyridine rings is 1. The van der Waals surface area contributed by atoms with Crippen molar-refractivity contribution in [1.82, 2.24) is 9.97 Å². The predicted octanol–water partition coefficient (Wildman–Crippen LogP) is 4.14. The van der Waals surface area contributed by atoms with Gasteiger partial charge in [0.2, 0.25) is 0 Å². The lowest BCUT2D eigenvalue weighted by molar-refractivity contribution is 0.102. The van der Waals surface area contributed by atoms with Gasteiger partial charge in [-0.15, -0.1) is 11.3 Å². The summed E-state index contributed by atoms with van der Waals surface area (Å²) in [5.74, 6) is -0.199. The van der Waals surface area contributed by atoms with Gasteiger partial charge in [-0.25, -0.2) is 4.98 Å². The Morgan fingerprint density at radius 1 is 1.18 bits per heavy atom. The van der Waals surface area contributed by atoms with Crippen molar-refractivity contribution in [3.05, 3.63) is 75.5 Å². The van der Waals surface area contributed by atoms with Crippen LogP contribution in [0.25, 0.3) is 0 Å². The fourth-order valence-corrected chi connectivity index (χ4v) is 3.20. The summed E-state index contributed by atoms with van der Waals surface area (Å²) in [6, 6.07) is 11.5. The first kappa shape index (κ1) is 14.9. The van der Waals surface area contributed by atoms with Crippen LogP contribution in [-0.2, 0) is 6.42 Å². The van der Waals surface area contributed by atoms with Crippen LogP contribution in [0.15, 0.2) is 59.5 Å². The minimum Gasteiger partial charge on any atom is -0.298 e. The zero-order valence-electron chi connectivity index (χ0n) is 11.5. The molecule has 0 saturated carbocycles. The van der Waals surface area contributed by atoms with E-state index in [2.05, 4.69) is 37.3 Å². The number of carbonyl (C=O) groups is 1. The van der Waals surface area contributed by atoms with Crippen molar-refractivity contribution in [2.45, 2.75) is 6.42 Å². The summed E-state index contributed by atoms with van der Waals surface area (Å²) in [7, 11) is 0. The van der Waals surface area contributed by atoms with Crippen molar-refractivity contribution in [2.24, 2.45) is 0 Å². The van der Waals surface area contributed by atoms with Gasteiger partial charge < -0.3 is 0 Å². The van der Waals surface area contributed by atoms with E-state index in [0.717, 1.165) is 15.8 Å². The van der Waals surface area contributed by atoms with Crippen molar-refractivity contribution in [2.75, 3.05) is 5.32 Å². The van der Waals surface area contributed by atoms with Crippen molar-refractivity contribution < 1.29 is 4.79 Å². The van der Waals surface area contributed by atoms with E-state index in [-0.39, 0.29) is 5.91 Å². The number of rotatable bonds is 4. The number of amides is 1. The number of benzene rings is 1. The number of carbonyl (C=O) groups excluding carboxylic acids is 1. The SMILES string of the molecule is O=C(Nc1ncc(Cc2ccccc2Br)s1)c1cccnc1. The van der Waals surface area contributed by atoms with Gasteiger partial charge in [0.25, 0.3) is 5.91 Å². The highest BCUT2D eigenvalue weighted by Crippen LogP contribution is 2.25. The van der Waals surface area contributed by atoms with E-state index in [1.165, 1.54) is 23.1 Å². The quantitative estimate of drug-likeness (QED) is 0.747. The molecule has 0 bridgehead atoms. The molecule has 3 aromatic rings. The normalized spacial score (nSPS) is 10.4. The Hall–Kier alpha value is -2.05. The molecular weight excluding hydrogens is 362 g/mol. The van der Waals surface area contributed by atoms with Gasteiger partial charge in [0.15, 0.2) is 5.13 Å².